The van der Waals surface area contributed by atoms with Crippen molar-refractivity contribution in [1.29, 1.82) is 0 Å². The van der Waals surface area contributed by atoms with Crippen molar-refractivity contribution in [3.05, 3.63) is 64.2 Å². The van der Waals surface area contributed by atoms with Crippen molar-refractivity contribution >= 4 is 28.6 Å². The Morgan fingerprint density at radius 1 is 1.12 bits per heavy atom. The van der Waals surface area contributed by atoms with Gasteiger partial charge in [-0.25, -0.2) is 4.98 Å². The second-order valence-electron chi connectivity index (χ2n) is 5.67. The smallest absolute Gasteiger partial charge is 0.270 e. The highest BCUT2D eigenvalue weighted by Gasteiger charge is 2.27. The van der Waals surface area contributed by atoms with Crippen LogP contribution in [-0.2, 0) is 6.54 Å². The van der Waals surface area contributed by atoms with Crippen LogP contribution in [0.15, 0.2) is 48.5 Å². The first-order valence-corrected chi connectivity index (χ1v) is 7.67. The number of nitro groups is 1. The molecular formula is C17H14N4O3. The highest BCUT2D eigenvalue weighted by atomic mass is 16.6. The minimum absolute atomic E-state index is 0.0913. The van der Waals surface area contributed by atoms with E-state index in [4.69, 9.17) is 0 Å². The average Bonchev–Trinajstić information content (AvgIpc) is 3.00. The maximum atomic E-state index is 12.9. The second-order valence-corrected chi connectivity index (χ2v) is 5.67. The lowest BCUT2D eigenvalue weighted by molar-refractivity contribution is -0.384. The molecule has 0 saturated heterocycles. The fraction of sp³-hybridized carbons (Fsp3) is 0.176. The number of nitro benzene ring substituents is 1. The summed E-state index contributed by atoms with van der Waals surface area (Å²) in [6.07, 6.45) is 0.814. The standard InChI is InChI=1S/C17H14N4O3/c22-16(12-5-3-6-13(11-12)21(23)24)20-10-4-9-19-15-8-2-1-7-14(15)18-17(19)20/h1-3,5-8,11H,4,9-10H2. The van der Waals surface area contributed by atoms with E-state index < -0.39 is 4.92 Å². The molecule has 0 radical (unpaired) electrons. The molecule has 0 atom stereocenters. The van der Waals surface area contributed by atoms with Crippen molar-refractivity contribution in [3.8, 4) is 0 Å². The van der Waals surface area contributed by atoms with Gasteiger partial charge in [-0.3, -0.25) is 19.8 Å². The Bertz CT molecular complexity index is 963. The molecule has 24 heavy (non-hydrogen) atoms. The zero-order valence-corrected chi connectivity index (χ0v) is 12.8. The number of nitrogens with zero attached hydrogens (tertiary/aromatic N) is 4. The maximum absolute atomic E-state index is 12.9. The van der Waals surface area contributed by atoms with Crippen LogP contribution in [0, 0.1) is 10.1 Å². The van der Waals surface area contributed by atoms with Gasteiger partial charge in [0.2, 0.25) is 5.95 Å². The van der Waals surface area contributed by atoms with Crippen LogP contribution in [0.3, 0.4) is 0 Å². The minimum atomic E-state index is -0.498. The van der Waals surface area contributed by atoms with Crippen LogP contribution in [0.25, 0.3) is 11.0 Å². The zero-order chi connectivity index (χ0) is 16.7. The topological polar surface area (TPSA) is 81.3 Å². The van der Waals surface area contributed by atoms with Gasteiger partial charge in [0.15, 0.2) is 0 Å². The molecule has 0 spiro atoms. The van der Waals surface area contributed by atoms with Gasteiger partial charge in [-0.1, -0.05) is 18.2 Å². The number of carbonyl (C=O) groups is 1. The van der Waals surface area contributed by atoms with E-state index in [9.17, 15) is 14.9 Å². The molecule has 0 fully saturated rings. The Hall–Kier alpha value is -3.22. The lowest BCUT2D eigenvalue weighted by atomic mass is 10.1. The van der Waals surface area contributed by atoms with E-state index in [1.54, 1.807) is 11.0 Å². The highest BCUT2D eigenvalue weighted by Crippen LogP contribution is 2.28. The van der Waals surface area contributed by atoms with Gasteiger partial charge in [-0.15, -0.1) is 0 Å². The first-order chi connectivity index (χ1) is 11.6. The molecule has 0 N–H and O–H groups in total. The number of benzene rings is 2. The highest BCUT2D eigenvalue weighted by molar-refractivity contribution is 6.06. The van der Waals surface area contributed by atoms with Crippen LogP contribution in [-0.4, -0.2) is 26.9 Å². The van der Waals surface area contributed by atoms with Crippen molar-refractivity contribution in [3.63, 3.8) is 0 Å². The van der Waals surface area contributed by atoms with Gasteiger partial charge in [-0.05, 0) is 24.6 Å². The summed E-state index contributed by atoms with van der Waals surface area (Å²) in [5, 5.41) is 10.9. The fourth-order valence-electron chi connectivity index (χ4n) is 3.08. The molecular weight excluding hydrogens is 308 g/mol. The van der Waals surface area contributed by atoms with E-state index in [1.165, 1.54) is 18.2 Å². The van der Waals surface area contributed by atoms with Gasteiger partial charge in [0, 0.05) is 30.8 Å². The number of aryl methyl sites for hydroxylation is 1. The monoisotopic (exact) mass is 322 g/mol. The molecule has 1 aromatic heterocycles. The number of hydrogen-bond acceptors (Lipinski definition) is 4. The third-order valence-corrected chi connectivity index (χ3v) is 4.19. The van der Waals surface area contributed by atoms with Crippen LogP contribution < -0.4 is 4.90 Å². The number of para-hydroxylation sites is 2. The number of rotatable bonds is 2. The van der Waals surface area contributed by atoms with E-state index in [0.717, 1.165) is 24.0 Å². The van der Waals surface area contributed by atoms with Gasteiger partial charge in [0.1, 0.15) is 0 Å². The summed E-state index contributed by atoms with van der Waals surface area (Å²) < 4.78 is 2.02. The summed E-state index contributed by atoms with van der Waals surface area (Å²) >= 11 is 0. The Morgan fingerprint density at radius 2 is 1.96 bits per heavy atom. The number of carbonyl (C=O) groups excluding carboxylic acids is 1. The van der Waals surface area contributed by atoms with Crippen molar-refractivity contribution < 1.29 is 9.72 Å². The third-order valence-electron chi connectivity index (χ3n) is 4.19. The summed E-state index contributed by atoms with van der Waals surface area (Å²) in [6.45, 7) is 1.35. The molecule has 0 aliphatic carbocycles. The number of aromatic nitrogens is 2. The number of hydrogen-bond donors (Lipinski definition) is 0. The normalized spacial score (nSPS) is 13.8. The summed E-state index contributed by atoms with van der Waals surface area (Å²) in [6, 6.07) is 13.6. The van der Waals surface area contributed by atoms with Gasteiger partial charge < -0.3 is 4.57 Å². The molecule has 0 saturated carbocycles. The predicted molar refractivity (Wildman–Crippen MR) is 89.1 cm³/mol. The SMILES string of the molecule is O=C(c1cccc([N+](=O)[O-])c1)N1CCCn2c1nc1ccccc12. The summed E-state index contributed by atoms with van der Waals surface area (Å²) in [4.78, 5) is 29.5. The number of non-ortho nitro benzene ring substituents is 1. The van der Waals surface area contributed by atoms with Crippen molar-refractivity contribution in [2.75, 3.05) is 11.4 Å². The van der Waals surface area contributed by atoms with E-state index in [0.29, 0.717) is 18.1 Å². The number of amides is 1. The molecule has 1 amide bonds. The zero-order valence-electron chi connectivity index (χ0n) is 12.8. The van der Waals surface area contributed by atoms with Gasteiger partial charge in [0.25, 0.3) is 11.6 Å². The van der Waals surface area contributed by atoms with Crippen LogP contribution in [0.1, 0.15) is 16.8 Å². The molecule has 0 unspecified atom stereocenters. The van der Waals surface area contributed by atoms with Gasteiger partial charge in [0.05, 0.1) is 16.0 Å². The quantitative estimate of drug-likeness (QED) is 0.536. The average molecular weight is 322 g/mol. The van der Waals surface area contributed by atoms with Crippen molar-refractivity contribution in [2.24, 2.45) is 0 Å². The number of imidazole rings is 1. The minimum Gasteiger partial charge on any atom is -0.310 e. The van der Waals surface area contributed by atoms with Crippen molar-refractivity contribution in [1.82, 2.24) is 9.55 Å². The summed E-state index contributed by atoms with van der Waals surface area (Å²) in [7, 11) is 0. The molecule has 7 heteroatoms. The molecule has 120 valence electrons. The largest absolute Gasteiger partial charge is 0.310 e. The second kappa shape index (κ2) is 5.45. The molecule has 1 aliphatic heterocycles. The molecule has 2 heterocycles. The lowest BCUT2D eigenvalue weighted by Crippen LogP contribution is -2.37. The first-order valence-electron chi connectivity index (χ1n) is 7.67. The van der Waals surface area contributed by atoms with Crippen molar-refractivity contribution in [2.45, 2.75) is 13.0 Å². The summed E-state index contributed by atoms with van der Waals surface area (Å²) in [5.41, 5.74) is 2.03. The van der Waals surface area contributed by atoms with Crippen LogP contribution in [0.4, 0.5) is 11.6 Å². The van der Waals surface area contributed by atoms with Gasteiger partial charge >= 0.3 is 0 Å². The Kier molecular flexibility index (Phi) is 3.26. The Labute approximate surface area is 137 Å². The van der Waals surface area contributed by atoms with E-state index in [1.807, 2.05) is 28.8 Å². The molecule has 2 aromatic carbocycles. The maximum Gasteiger partial charge on any atom is 0.270 e. The molecule has 4 rings (SSSR count). The van der Waals surface area contributed by atoms with Crippen LogP contribution >= 0.6 is 0 Å². The van der Waals surface area contributed by atoms with E-state index in [-0.39, 0.29) is 11.6 Å². The predicted octanol–water partition coefficient (Wildman–Crippen LogP) is 3.00. The third kappa shape index (κ3) is 2.21. The molecule has 7 nitrogen and oxygen atoms in total. The Balaban J connectivity index is 1.77. The van der Waals surface area contributed by atoms with Crippen LogP contribution in [0.2, 0.25) is 0 Å². The lowest BCUT2D eigenvalue weighted by Gasteiger charge is -2.27. The first kappa shape index (κ1) is 14.4. The van der Waals surface area contributed by atoms with E-state index in [2.05, 4.69) is 4.98 Å². The molecule has 3 aromatic rings. The molecule has 0 bridgehead atoms. The Morgan fingerprint density at radius 3 is 2.79 bits per heavy atom. The number of fused-ring (bicyclic) bond motifs is 3. The summed E-state index contributed by atoms with van der Waals surface area (Å²) in [5.74, 6) is 0.328. The number of anilines is 1. The van der Waals surface area contributed by atoms with Gasteiger partial charge in [-0.2, -0.15) is 0 Å². The molecule has 1 aliphatic rings. The fourth-order valence-corrected chi connectivity index (χ4v) is 3.08. The van der Waals surface area contributed by atoms with E-state index >= 15 is 0 Å². The van der Waals surface area contributed by atoms with Crippen LogP contribution in [0.5, 0.6) is 0 Å².